The second kappa shape index (κ2) is 7.80. The molecule has 0 saturated carbocycles. The van der Waals surface area contributed by atoms with E-state index < -0.39 is 0 Å². The van der Waals surface area contributed by atoms with Gasteiger partial charge >= 0.3 is 0 Å². The molecule has 0 aliphatic carbocycles. The summed E-state index contributed by atoms with van der Waals surface area (Å²) >= 11 is 6.05. The predicted molar refractivity (Wildman–Crippen MR) is 85.8 cm³/mol. The Morgan fingerprint density at radius 1 is 1.19 bits per heavy atom. The zero-order valence-corrected chi connectivity index (χ0v) is 14.0. The molecule has 0 radical (unpaired) electrons. The Kier molecular flexibility index (Phi) is 6.06. The van der Waals surface area contributed by atoms with E-state index in [1.54, 1.807) is 0 Å². The molecule has 0 aliphatic rings. The number of alkyl halides is 1. The van der Waals surface area contributed by atoms with Gasteiger partial charge in [-0.1, -0.05) is 13.3 Å². The monoisotopic (exact) mass is 312 g/mol. The van der Waals surface area contributed by atoms with E-state index in [1.165, 1.54) is 6.42 Å². The Morgan fingerprint density at radius 2 is 1.95 bits per heavy atom. The third kappa shape index (κ3) is 3.58. The van der Waals surface area contributed by atoms with Gasteiger partial charge in [0.25, 0.3) is 0 Å². The first kappa shape index (κ1) is 16.3. The van der Waals surface area contributed by atoms with E-state index in [-0.39, 0.29) is 0 Å². The maximum absolute atomic E-state index is 6.05. The number of nitrogens with zero attached hydrogens (tertiary/aromatic N) is 4. The fraction of sp³-hybridized carbons (Fsp3) is 0.733. The largest absolute Gasteiger partial charge is 0.381 e. The average Bonchev–Trinajstić information content (AvgIpc) is 3.00. The van der Waals surface area contributed by atoms with E-state index in [1.807, 2.05) is 11.6 Å². The summed E-state index contributed by atoms with van der Waals surface area (Å²) in [5.41, 5.74) is 3.02. The van der Waals surface area contributed by atoms with Crippen molar-refractivity contribution in [1.29, 1.82) is 0 Å². The van der Waals surface area contributed by atoms with Crippen LogP contribution in [0.1, 0.15) is 44.6 Å². The highest BCUT2D eigenvalue weighted by atomic mass is 35.5. The van der Waals surface area contributed by atoms with E-state index in [9.17, 15) is 0 Å². The number of hydrogen-bond acceptors (Lipinski definition) is 3. The minimum absolute atomic E-state index is 0.425. The lowest BCUT2D eigenvalue weighted by Gasteiger charge is -2.09. The fourth-order valence-electron chi connectivity index (χ4n) is 2.50. The number of aromatic nitrogens is 4. The number of imidazole rings is 1. The van der Waals surface area contributed by atoms with Gasteiger partial charge in [-0.3, -0.25) is 0 Å². The molecule has 0 bridgehead atoms. The van der Waals surface area contributed by atoms with Crippen LogP contribution >= 0.6 is 11.6 Å². The Bertz CT molecular complexity index is 576. The molecule has 0 aliphatic heterocycles. The topological polar surface area (TPSA) is 44.9 Å². The number of aryl methyl sites for hydroxylation is 3. The Balaban J connectivity index is 2.10. The van der Waals surface area contributed by atoms with Crippen molar-refractivity contribution >= 4 is 22.8 Å². The number of hydrogen-bond donors (Lipinski definition) is 0. The highest BCUT2D eigenvalue weighted by Crippen LogP contribution is 2.21. The van der Waals surface area contributed by atoms with Crippen molar-refractivity contribution in [2.45, 2.75) is 59.0 Å². The van der Waals surface area contributed by atoms with Gasteiger partial charge in [0.15, 0.2) is 5.65 Å². The van der Waals surface area contributed by atoms with Crippen LogP contribution < -0.4 is 0 Å². The van der Waals surface area contributed by atoms with Gasteiger partial charge < -0.3 is 9.30 Å². The van der Waals surface area contributed by atoms with Crippen molar-refractivity contribution < 1.29 is 4.74 Å². The van der Waals surface area contributed by atoms with E-state index in [2.05, 4.69) is 28.5 Å². The SMILES string of the molecule is CCCCOCCCn1c(CCl)nc2c(C)nn(CC)c21. The van der Waals surface area contributed by atoms with Crippen molar-refractivity contribution in [2.24, 2.45) is 0 Å². The summed E-state index contributed by atoms with van der Waals surface area (Å²) in [7, 11) is 0. The third-order valence-electron chi connectivity index (χ3n) is 3.61. The zero-order chi connectivity index (χ0) is 15.2. The summed E-state index contributed by atoms with van der Waals surface area (Å²) < 4.78 is 9.83. The van der Waals surface area contributed by atoms with Gasteiger partial charge in [-0.25, -0.2) is 9.67 Å². The molecule has 0 fully saturated rings. The maximum Gasteiger partial charge on any atom is 0.158 e. The number of halogens is 1. The average molecular weight is 313 g/mol. The van der Waals surface area contributed by atoms with E-state index in [4.69, 9.17) is 16.3 Å². The van der Waals surface area contributed by atoms with Crippen LogP contribution in [0.4, 0.5) is 0 Å². The highest BCUT2D eigenvalue weighted by Gasteiger charge is 2.17. The summed E-state index contributed by atoms with van der Waals surface area (Å²) in [5.74, 6) is 1.34. The summed E-state index contributed by atoms with van der Waals surface area (Å²) in [6, 6.07) is 0. The summed E-state index contributed by atoms with van der Waals surface area (Å²) in [5, 5.41) is 4.53. The quantitative estimate of drug-likeness (QED) is 0.526. The second-order valence-electron chi connectivity index (χ2n) is 5.21. The Hall–Kier alpha value is -1.07. The molecular weight excluding hydrogens is 288 g/mol. The van der Waals surface area contributed by atoms with Crippen LogP contribution in [-0.2, 0) is 23.7 Å². The number of fused-ring (bicyclic) bond motifs is 1. The van der Waals surface area contributed by atoms with Crippen molar-refractivity contribution in [3.05, 3.63) is 11.5 Å². The molecule has 2 rings (SSSR count). The van der Waals surface area contributed by atoms with Crippen LogP contribution in [0.25, 0.3) is 11.2 Å². The maximum atomic E-state index is 6.05. The number of ether oxygens (including phenoxy) is 1. The minimum atomic E-state index is 0.425. The highest BCUT2D eigenvalue weighted by molar-refractivity contribution is 6.16. The van der Waals surface area contributed by atoms with Crippen molar-refractivity contribution in [3.8, 4) is 0 Å². The molecule has 0 unspecified atom stereocenters. The fourth-order valence-corrected chi connectivity index (χ4v) is 2.70. The van der Waals surface area contributed by atoms with Crippen LogP contribution in [0.15, 0.2) is 0 Å². The number of rotatable bonds is 9. The van der Waals surface area contributed by atoms with Gasteiger partial charge in [0.05, 0.1) is 11.6 Å². The summed E-state index contributed by atoms with van der Waals surface area (Å²) in [4.78, 5) is 4.63. The lowest BCUT2D eigenvalue weighted by atomic mass is 10.3. The van der Waals surface area contributed by atoms with Crippen molar-refractivity contribution in [3.63, 3.8) is 0 Å². The van der Waals surface area contributed by atoms with Gasteiger partial charge in [0, 0.05) is 26.3 Å². The molecule has 0 N–H and O–H groups in total. The normalized spacial score (nSPS) is 11.6. The molecular formula is C15H25ClN4O. The molecule has 2 aromatic heterocycles. The molecule has 2 aromatic rings. The van der Waals surface area contributed by atoms with Gasteiger partial charge in [-0.15, -0.1) is 11.6 Å². The van der Waals surface area contributed by atoms with Gasteiger partial charge in [-0.05, 0) is 26.7 Å². The lowest BCUT2D eigenvalue weighted by Crippen LogP contribution is -2.10. The molecule has 2 heterocycles. The molecule has 0 atom stereocenters. The molecule has 0 saturated heterocycles. The first-order valence-corrected chi connectivity index (χ1v) is 8.32. The Morgan fingerprint density at radius 3 is 2.62 bits per heavy atom. The summed E-state index contributed by atoms with van der Waals surface area (Å²) in [6.45, 7) is 9.60. The molecule has 0 amide bonds. The first-order chi connectivity index (χ1) is 10.2. The van der Waals surface area contributed by atoms with Crippen LogP contribution in [0.5, 0.6) is 0 Å². The molecule has 5 nitrogen and oxygen atoms in total. The molecule has 21 heavy (non-hydrogen) atoms. The van der Waals surface area contributed by atoms with Gasteiger partial charge in [-0.2, -0.15) is 5.10 Å². The molecule has 6 heteroatoms. The van der Waals surface area contributed by atoms with Crippen LogP contribution in [0.2, 0.25) is 0 Å². The number of unbranched alkanes of at least 4 members (excludes halogenated alkanes) is 1. The van der Waals surface area contributed by atoms with E-state index in [0.29, 0.717) is 5.88 Å². The Labute approximate surface area is 131 Å². The molecule has 118 valence electrons. The summed E-state index contributed by atoms with van der Waals surface area (Å²) in [6.07, 6.45) is 3.27. The van der Waals surface area contributed by atoms with Crippen molar-refractivity contribution in [2.75, 3.05) is 13.2 Å². The molecule has 0 aromatic carbocycles. The smallest absolute Gasteiger partial charge is 0.158 e. The van der Waals surface area contributed by atoms with E-state index >= 15 is 0 Å². The van der Waals surface area contributed by atoms with Gasteiger partial charge in [0.1, 0.15) is 11.3 Å². The first-order valence-electron chi connectivity index (χ1n) is 7.79. The molecule has 0 spiro atoms. The van der Waals surface area contributed by atoms with Crippen LogP contribution in [0.3, 0.4) is 0 Å². The second-order valence-corrected chi connectivity index (χ2v) is 5.47. The van der Waals surface area contributed by atoms with Gasteiger partial charge in [0.2, 0.25) is 0 Å². The minimum Gasteiger partial charge on any atom is -0.381 e. The van der Waals surface area contributed by atoms with Crippen molar-refractivity contribution in [1.82, 2.24) is 19.3 Å². The van der Waals surface area contributed by atoms with Crippen LogP contribution in [0, 0.1) is 6.92 Å². The lowest BCUT2D eigenvalue weighted by molar-refractivity contribution is 0.126. The zero-order valence-electron chi connectivity index (χ0n) is 13.2. The third-order valence-corrected chi connectivity index (χ3v) is 3.85. The van der Waals surface area contributed by atoms with Crippen LogP contribution in [-0.4, -0.2) is 32.5 Å². The standard InChI is InChI=1S/C15H25ClN4O/c1-4-6-9-21-10-7-8-19-13(11-16)17-14-12(3)18-20(5-2)15(14)19/h4-11H2,1-3H3. The predicted octanol–water partition coefficient (Wildman–Crippen LogP) is 3.51. The van der Waals surface area contributed by atoms with E-state index in [0.717, 1.165) is 61.8 Å².